The van der Waals surface area contributed by atoms with Gasteiger partial charge in [0.25, 0.3) is 16.0 Å². The van der Waals surface area contributed by atoms with E-state index in [-0.39, 0.29) is 16.3 Å². The monoisotopic (exact) mass is 423 g/mol. The number of carbonyl (C=O) groups excluding carboxylic acids is 1. The summed E-state index contributed by atoms with van der Waals surface area (Å²) in [5, 5.41) is 2.58. The lowest BCUT2D eigenvalue weighted by atomic mass is 10.1. The Kier molecular flexibility index (Phi) is 5.08. The fourth-order valence-electron chi connectivity index (χ4n) is 2.62. The standard InChI is InChI=1S/C17H13NO8S2/c19-17(11-6-2-1-3-7-11)18-14-10-12-8-4-5-9-13(12)15(26-28(23,24)25)16(14)27(20,21)22/h1-10H,(H,18,19)(H,20,21,22)(H,23,24,25). The molecule has 0 bridgehead atoms. The molecule has 3 aromatic rings. The van der Waals surface area contributed by atoms with Crippen LogP contribution in [0.25, 0.3) is 10.8 Å². The van der Waals surface area contributed by atoms with Crippen molar-refractivity contribution >= 4 is 42.9 Å². The van der Waals surface area contributed by atoms with E-state index in [4.69, 9.17) is 4.55 Å². The number of amides is 1. The molecule has 11 heteroatoms. The van der Waals surface area contributed by atoms with Crippen molar-refractivity contribution in [3.05, 3.63) is 66.2 Å². The average molecular weight is 423 g/mol. The Morgan fingerprint density at radius 2 is 1.50 bits per heavy atom. The third-order valence-electron chi connectivity index (χ3n) is 3.69. The van der Waals surface area contributed by atoms with Gasteiger partial charge in [-0.15, -0.1) is 0 Å². The van der Waals surface area contributed by atoms with E-state index in [9.17, 15) is 26.2 Å². The smallest absolute Gasteiger partial charge is 0.360 e. The summed E-state index contributed by atoms with van der Waals surface area (Å²) >= 11 is 0. The zero-order valence-corrected chi connectivity index (χ0v) is 15.6. The van der Waals surface area contributed by atoms with Crippen molar-refractivity contribution < 1.29 is 34.9 Å². The molecule has 3 N–H and O–H groups in total. The second-order valence-corrected chi connectivity index (χ2v) is 7.99. The lowest BCUT2D eigenvalue weighted by Gasteiger charge is -2.15. The molecule has 3 rings (SSSR count). The second kappa shape index (κ2) is 7.20. The molecule has 28 heavy (non-hydrogen) atoms. The van der Waals surface area contributed by atoms with E-state index in [2.05, 4.69) is 9.50 Å². The number of hydrogen-bond donors (Lipinski definition) is 3. The van der Waals surface area contributed by atoms with Gasteiger partial charge in [-0.2, -0.15) is 16.8 Å². The highest BCUT2D eigenvalue weighted by atomic mass is 32.3. The Labute approximate surface area is 160 Å². The van der Waals surface area contributed by atoms with E-state index < -0.39 is 42.8 Å². The predicted molar refractivity (Wildman–Crippen MR) is 100 cm³/mol. The zero-order valence-electron chi connectivity index (χ0n) is 13.9. The van der Waals surface area contributed by atoms with Crippen LogP contribution < -0.4 is 9.50 Å². The van der Waals surface area contributed by atoms with Crippen LogP contribution >= 0.6 is 0 Å². The van der Waals surface area contributed by atoms with Gasteiger partial charge in [-0.05, 0) is 23.6 Å². The number of fused-ring (bicyclic) bond motifs is 1. The Morgan fingerprint density at radius 1 is 0.893 bits per heavy atom. The Hall–Kier alpha value is -2.99. The lowest BCUT2D eigenvalue weighted by molar-refractivity contribution is 0.102. The highest BCUT2D eigenvalue weighted by Crippen LogP contribution is 2.39. The van der Waals surface area contributed by atoms with Gasteiger partial charge in [0.15, 0.2) is 10.6 Å². The van der Waals surface area contributed by atoms with Crippen LogP contribution in [0.15, 0.2) is 65.6 Å². The highest BCUT2D eigenvalue weighted by molar-refractivity contribution is 7.86. The van der Waals surface area contributed by atoms with Crippen LogP contribution in [-0.4, -0.2) is 31.8 Å². The van der Waals surface area contributed by atoms with Gasteiger partial charge in [-0.1, -0.05) is 42.5 Å². The average Bonchev–Trinajstić information content (AvgIpc) is 2.60. The molecule has 0 saturated heterocycles. The van der Waals surface area contributed by atoms with Gasteiger partial charge in [-0.25, -0.2) is 0 Å². The van der Waals surface area contributed by atoms with Gasteiger partial charge in [-0.3, -0.25) is 13.9 Å². The second-order valence-electron chi connectivity index (χ2n) is 5.61. The molecule has 9 nitrogen and oxygen atoms in total. The molecule has 0 spiro atoms. The summed E-state index contributed by atoms with van der Waals surface area (Å²) < 4.78 is 69.6. The third kappa shape index (κ3) is 4.28. The third-order valence-corrected chi connectivity index (χ3v) is 4.99. The van der Waals surface area contributed by atoms with Gasteiger partial charge < -0.3 is 9.50 Å². The molecule has 0 heterocycles. The van der Waals surface area contributed by atoms with Crippen molar-refractivity contribution in [1.82, 2.24) is 0 Å². The first-order valence-corrected chi connectivity index (χ1v) is 10.4. The topological polar surface area (TPSA) is 147 Å². The number of carbonyl (C=O) groups is 1. The molecular formula is C17H13NO8S2. The number of rotatable bonds is 5. The Morgan fingerprint density at radius 3 is 2.11 bits per heavy atom. The normalized spacial score (nSPS) is 11.9. The van der Waals surface area contributed by atoms with Crippen molar-refractivity contribution in [2.45, 2.75) is 4.90 Å². The van der Waals surface area contributed by atoms with Gasteiger partial charge in [0.2, 0.25) is 0 Å². The largest absolute Gasteiger partial charge is 0.446 e. The molecule has 0 aliphatic carbocycles. The van der Waals surface area contributed by atoms with E-state index in [1.165, 1.54) is 36.4 Å². The number of nitrogens with one attached hydrogen (secondary N) is 1. The quantitative estimate of drug-likeness (QED) is 0.530. The minimum atomic E-state index is -5.14. The lowest BCUT2D eigenvalue weighted by Crippen LogP contribution is -2.17. The molecule has 0 atom stereocenters. The molecule has 3 aromatic carbocycles. The number of anilines is 1. The molecule has 0 unspecified atom stereocenters. The molecule has 0 saturated carbocycles. The maximum absolute atomic E-state index is 12.4. The molecule has 0 aromatic heterocycles. The maximum Gasteiger partial charge on any atom is 0.446 e. The highest BCUT2D eigenvalue weighted by Gasteiger charge is 2.28. The van der Waals surface area contributed by atoms with Crippen LogP contribution in [0, 0.1) is 0 Å². The van der Waals surface area contributed by atoms with Crippen LogP contribution in [-0.2, 0) is 20.5 Å². The Bertz CT molecular complexity index is 1270. The maximum atomic E-state index is 12.4. The molecule has 1 amide bonds. The van der Waals surface area contributed by atoms with Crippen molar-refractivity contribution in [2.24, 2.45) is 0 Å². The van der Waals surface area contributed by atoms with Crippen LogP contribution in [0.5, 0.6) is 5.75 Å². The van der Waals surface area contributed by atoms with Gasteiger partial charge in [0, 0.05) is 10.9 Å². The summed E-state index contributed by atoms with van der Waals surface area (Å²) in [6, 6.07) is 14.9. The van der Waals surface area contributed by atoms with Crippen molar-refractivity contribution in [2.75, 3.05) is 5.32 Å². The van der Waals surface area contributed by atoms with Crippen LogP contribution in [0.2, 0.25) is 0 Å². The summed E-state index contributed by atoms with van der Waals surface area (Å²) in [4.78, 5) is 11.4. The van der Waals surface area contributed by atoms with Gasteiger partial charge >= 0.3 is 10.4 Å². The SMILES string of the molecule is O=C(Nc1cc2ccccc2c(OS(=O)(=O)O)c1S(=O)(=O)O)c1ccccc1. The summed E-state index contributed by atoms with van der Waals surface area (Å²) in [6.07, 6.45) is 0. The molecule has 0 fully saturated rings. The van der Waals surface area contributed by atoms with E-state index >= 15 is 0 Å². The van der Waals surface area contributed by atoms with Crippen molar-refractivity contribution in [1.29, 1.82) is 0 Å². The van der Waals surface area contributed by atoms with Crippen molar-refractivity contribution in [3.63, 3.8) is 0 Å². The summed E-state index contributed by atoms with van der Waals surface area (Å²) in [5.74, 6) is -1.55. The minimum Gasteiger partial charge on any atom is -0.360 e. The van der Waals surface area contributed by atoms with Crippen molar-refractivity contribution in [3.8, 4) is 5.75 Å². The fourth-order valence-corrected chi connectivity index (χ4v) is 3.83. The van der Waals surface area contributed by atoms with Crippen LogP contribution in [0.3, 0.4) is 0 Å². The molecule has 0 aliphatic heterocycles. The first kappa shape index (κ1) is 19.8. The van der Waals surface area contributed by atoms with Crippen LogP contribution in [0.4, 0.5) is 5.69 Å². The Balaban J connectivity index is 2.28. The first-order valence-electron chi connectivity index (χ1n) is 7.63. The minimum absolute atomic E-state index is 0.0227. The van der Waals surface area contributed by atoms with E-state index in [0.717, 1.165) is 0 Å². The first-order chi connectivity index (χ1) is 13.1. The van der Waals surface area contributed by atoms with E-state index in [1.54, 1.807) is 24.3 Å². The molecular weight excluding hydrogens is 410 g/mol. The number of hydrogen-bond acceptors (Lipinski definition) is 6. The van der Waals surface area contributed by atoms with Crippen LogP contribution in [0.1, 0.15) is 10.4 Å². The molecule has 146 valence electrons. The summed E-state index contributed by atoms with van der Waals surface area (Å²) in [7, 11) is -10.2. The molecule has 0 aliphatic rings. The summed E-state index contributed by atoms with van der Waals surface area (Å²) in [6.45, 7) is 0. The van der Waals surface area contributed by atoms with Gasteiger partial charge in [0.05, 0.1) is 5.69 Å². The summed E-state index contributed by atoms with van der Waals surface area (Å²) in [5.41, 5.74) is -0.233. The van der Waals surface area contributed by atoms with Gasteiger partial charge in [0.1, 0.15) is 0 Å². The zero-order chi connectivity index (χ0) is 20.5. The fraction of sp³-hybridized carbons (Fsp3) is 0. The number of benzene rings is 3. The van der Waals surface area contributed by atoms with E-state index in [1.807, 2.05) is 0 Å². The van der Waals surface area contributed by atoms with E-state index in [0.29, 0.717) is 0 Å². The molecule has 0 radical (unpaired) electrons. The predicted octanol–water partition coefficient (Wildman–Crippen LogP) is 2.52.